The number of aliphatic hydroxyl groups excluding tert-OH is 1. The highest BCUT2D eigenvalue weighted by molar-refractivity contribution is 7.88. The third-order valence-electron chi connectivity index (χ3n) is 6.47. The third kappa shape index (κ3) is 4.21. The molecule has 10 heteroatoms. The van der Waals surface area contributed by atoms with Crippen LogP contribution in [0.5, 0.6) is 0 Å². The molecule has 0 spiro atoms. The van der Waals surface area contributed by atoms with E-state index in [1.165, 1.54) is 16.6 Å². The molecule has 1 saturated carbocycles. The lowest BCUT2D eigenvalue weighted by Gasteiger charge is -2.34. The molecule has 1 aliphatic heterocycles. The van der Waals surface area contributed by atoms with Gasteiger partial charge in [-0.3, -0.25) is 9.36 Å². The van der Waals surface area contributed by atoms with E-state index in [-0.39, 0.29) is 23.6 Å². The van der Waals surface area contributed by atoms with E-state index < -0.39 is 16.1 Å². The third-order valence-corrected chi connectivity index (χ3v) is 7.77. The fourth-order valence-corrected chi connectivity index (χ4v) is 5.50. The Bertz CT molecular complexity index is 1080. The van der Waals surface area contributed by atoms with E-state index in [0.717, 1.165) is 24.6 Å². The van der Waals surface area contributed by atoms with Crippen molar-refractivity contribution in [2.45, 2.75) is 57.2 Å². The largest absolute Gasteiger partial charge is 0.393 e. The lowest BCUT2D eigenvalue weighted by Crippen LogP contribution is -2.42. The average Bonchev–Trinajstić information content (AvgIpc) is 2.70. The van der Waals surface area contributed by atoms with Crippen molar-refractivity contribution in [3.05, 3.63) is 28.7 Å². The first-order valence-electron chi connectivity index (χ1n) is 10.5. The van der Waals surface area contributed by atoms with E-state index in [9.17, 15) is 18.3 Å². The minimum Gasteiger partial charge on any atom is -0.393 e. The van der Waals surface area contributed by atoms with Gasteiger partial charge in [0, 0.05) is 48.7 Å². The first-order valence-corrected chi connectivity index (χ1v) is 12.4. The molecule has 9 nitrogen and oxygen atoms in total. The van der Waals surface area contributed by atoms with Gasteiger partial charge in [0.05, 0.1) is 12.4 Å². The van der Waals surface area contributed by atoms with Gasteiger partial charge in [0.15, 0.2) is 0 Å². The van der Waals surface area contributed by atoms with Crippen LogP contribution in [0.4, 0.5) is 5.95 Å². The summed E-state index contributed by atoms with van der Waals surface area (Å²) < 4.78 is 26.6. The van der Waals surface area contributed by atoms with Crippen molar-refractivity contribution in [3.63, 3.8) is 0 Å². The normalized spacial score (nSPS) is 26.7. The molecular weight excluding hydrogens is 406 g/mol. The summed E-state index contributed by atoms with van der Waals surface area (Å²) in [6.07, 6.45) is 6.30. The van der Waals surface area contributed by atoms with Crippen LogP contribution in [-0.2, 0) is 10.0 Å². The number of piperidine rings is 1. The zero-order chi connectivity index (χ0) is 21.5. The van der Waals surface area contributed by atoms with Crippen LogP contribution in [0.2, 0.25) is 0 Å². The number of nitrogens with one attached hydrogen (secondary N) is 1. The standard InChI is InChI=1S/C20H29N5O4S/c1-13-16(4-3-5-17(13)26)25-18(27)7-6-14-12-21-20(23-19(14)25)22-15-8-10-24(11-9-15)30(2,28)29/h6-7,12-13,15-17,26H,3-5,8-11H2,1-2H3,(H,21,22,23)/t13-,16+,17+/m1/s1. The van der Waals surface area contributed by atoms with E-state index in [1.54, 1.807) is 16.8 Å². The maximum absolute atomic E-state index is 12.8. The topological polar surface area (TPSA) is 117 Å². The Balaban J connectivity index is 1.60. The van der Waals surface area contributed by atoms with E-state index in [4.69, 9.17) is 0 Å². The molecule has 2 aromatic rings. The molecule has 2 N–H and O–H groups in total. The molecule has 2 aromatic heterocycles. The van der Waals surface area contributed by atoms with Gasteiger partial charge in [0.1, 0.15) is 5.65 Å². The van der Waals surface area contributed by atoms with E-state index in [1.807, 2.05) is 6.92 Å². The summed E-state index contributed by atoms with van der Waals surface area (Å²) in [5.74, 6) is 0.400. The van der Waals surface area contributed by atoms with Gasteiger partial charge in [-0.1, -0.05) is 6.92 Å². The quantitative estimate of drug-likeness (QED) is 0.744. The van der Waals surface area contributed by atoms with Crippen molar-refractivity contribution >= 4 is 27.0 Å². The fraction of sp³-hybridized carbons (Fsp3) is 0.650. The number of aromatic nitrogens is 3. The van der Waals surface area contributed by atoms with Crippen LogP contribution in [-0.4, -0.2) is 63.9 Å². The highest BCUT2D eigenvalue weighted by atomic mass is 32.2. The second-order valence-corrected chi connectivity index (χ2v) is 10.5. The molecule has 164 valence electrons. The Labute approximate surface area is 176 Å². The Kier molecular flexibility index (Phi) is 5.82. The van der Waals surface area contributed by atoms with Crippen molar-refractivity contribution in [3.8, 4) is 0 Å². The number of fused-ring (bicyclic) bond motifs is 1. The highest BCUT2D eigenvalue weighted by Gasteiger charge is 2.31. The van der Waals surface area contributed by atoms with Crippen LogP contribution in [0.25, 0.3) is 11.0 Å². The van der Waals surface area contributed by atoms with Gasteiger partial charge in [-0.05, 0) is 38.2 Å². The van der Waals surface area contributed by atoms with Crippen molar-refractivity contribution in [2.75, 3.05) is 24.7 Å². The fourth-order valence-electron chi connectivity index (χ4n) is 4.63. The molecule has 0 amide bonds. The monoisotopic (exact) mass is 435 g/mol. The number of hydrogen-bond donors (Lipinski definition) is 2. The first-order chi connectivity index (χ1) is 14.2. The maximum atomic E-state index is 12.8. The Hall–Kier alpha value is -2.04. The van der Waals surface area contributed by atoms with Gasteiger partial charge in [-0.25, -0.2) is 17.7 Å². The highest BCUT2D eigenvalue weighted by Crippen LogP contribution is 2.34. The Morgan fingerprint density at radius 2 is 1.90 bits per heavy atom. The van der Waals surface area contributed by atoms with Crippen molar-refractivity contribution in [2.24, 2.45) is 5.92 Å². The summed E-state index contributed by atoms with van der Waals surface area (Å²) in [7, 11) is -3.17. The molecular formula is C20H29N5O4S. The number of pyridine rings is 1. The Morgan fingerprint density at radius 3 is 2.60 bits per heavy atom. The van der Waals surface area contributed by atoms with Gasteiger partial charge in [-0.15, -0.1) is 0 Å². The van der Waals surface area contributed by atoms with Gasteiger partial charge in [-0.2, -0.15) is 4.98 Å². The summed E-state index contributed by atoms with van der Waals surface area (Å²) in [5.41, 5.74) is 0.444. The number of nitrogens with zero attached hydrogens (tertiary/aromatic N) is 4. The Morgan fingerprint density at radius 1 is 1.17 bits per heavy atom. The minimum atomic E-state index is -3.17. The van der Waals surface area contributed by atoms with Crippen molar-refractivity contribution in [1.29, 1.82) is 0 Å². The molecule has 4 rings (SSSR count). The van der Waals surface area contributed by atoms with E-state index in [2.05, 4.69) is 15.3 Å². The van der Waals surface area contributed by atoms with Gasteiger partial charge in [0.25, 0.3) is 5.56 Å². The zero-order valence-electron chi connectivity index (χ0n) is 17.4. The van der Waals surface area contributed by atoms with Crippen LogP contribution in [0.1, 0.15) is 45.1 Å². The minimum absolute atomic E-state index is 0.0336. The molecule has 1 aliphatic carbocycles. The SMILES string of the molecule is C[C@H]1[C@@H](O)CCC[C@@H]1n1c(=O)ccc2cnc(NC3CCN(S(C)(=O)=O)CC3)nc21. The zero-order valence-corrected chi connectivity index (χ0v) is 18.2. The van der Waals surface area contributed by atoms with Crippen LogP contribution < -0.4 is 10.9 Å². The molecule has 0 radical (unpaired) electrons. The molecule has 1 saturated heterocycles. The molecule has 0 aromatic carbocycles. The molecule has 2 aliphatic rings. The summed E-state index contributed by atoms with van der Waals surface area (Å²) in [5, 5.41) is 14.4. The molecule has 0 unspecified atom stereocenters. The van der Waals surface area contributed by atoms with Crippen LogP contribution in [0, 0.1) is 5.92 Å². The van der Waals surface area contributed by atoms with Gasteiger partial charge < -0.3 is 10.4 Å². The van der Waals surface area contributed by atoms with E-state index in [0.29, 0.717) is 37.5 Å². The number of aliphatic hydroxyl groups is 1. The molecule has 30 heavy (non-hydrogen) atoms. The van der Waals surface area contributed by atoms with Crippen LogP contribution >= 0.6 is 0 Å². The summed E-state index contributed by atoms with van der Waals surface area (Å²) in [6.45, 7) is 2.91. The maximum Gasteiger partial charge on any atom is 0.252 e. The van der Waals surface area contributed by atoms with Crippen LogP contribution in [0.15, 0.2) is 23.1 Å². The van der Waals surface area contributed by atoms with Crippen LogP contribution in [0.3, 0.4) is 0 Å². The molecule has 3 atom stereocenters. The number of anilines is 1. The van der Waals surface area contributed by atoms with Crippen molar-refractivity contribution < 1.29 is 13.5 Å². The molecule has 0 bridgehead atoms. The predicted molar refractivity (Wildman–Crippen MR) is 115 cm³/mol. The average molecular weight is 436 g/mol. The van der Waals surface area contributed by atoms with E-state index >= 15 is 0 Å². The number of hydrogen-bond acceptors (Lipinski definition) is 7. The number of rotatable bonds is 4. The predicted octanol–water partition coefficient (Wildman–Crippen LogP) is 1.35. The number of sulfonamides is 1. The van der Waals surface area contributed by atoms with Crippen molar-refractivity contribution in [1.82, 2.24) is 18.8 Å². The first kappa shape index (κ1) is 21.2. The summed E-state index contributed by atoms with van der Waals surface area (Å²) in [6, 6.07) is 3.23. The van der Waals surface area contributed by atoms with Gasteiger partial charge in [0.2, 0.25) is 16.0 Å². The second-order valence-electron chi connectivity index (χ2n) is 8.52. The molecule has 2 fully saturated rings. The lowest BCUT2D eigenvalue weighted by molar-refractivity contribution is 0.0468. The summed E-state index contributed by atoms with van der Waals surface area (Å²) >= 11 is 0. The second kappa shape index (κ2) is 8.24. The van der Waals surface area contributed by atoms with Gasteiger partial charge >= 0.3 is 0 Å². The summed E-state index contributed by atoms with van der Waals surface area (Å²) in [4.78, 5) is 21.8. The lowest BCUT2D eigenvalue weighted by atomic mass is 9.83. The smallest absolute Gasteiger partial charge is 0.252 e. The molecule has 3 heterocycles.